The zero-order valence-corrected chi connectivity index (χ0v) is 20.0. The standard InChI is InChI=1S/C27H35N3O3/c1-4-5-18-33-25-12-6-21(7-13-25)27(15-16-27)26(32)28-22-8-10-23(11-9-22)30-17-14-24(19-30)29(3)20(2)31/h6-13,24H,4-5,14-19H2,1-3H3,(H,28,32). The van der Waals surface area contributed by atoms with Gasteiger partial charge in [0.05, 0.1) is 18.1 Å². The number of amides is 2. The van der Waals surface area contributed by atoms with Gasteiger partial charge in [-0.05, 0) is 67.6 Å². The Kier molecular flexibility index (Phi) is 6.91. The first-order valence-corrected chi connectivity index (χ1v) is 12.1. The van der Waals surface area contributed by atoms with Gasteiger partial charge in [0.1, 0.15) is 5.75 Å². The van der Waals surface area contributed by atoms with Gasteiger partial charge in [-0.2, -0.15) is 0 Å². The van der Waals surface area contributed by atoms with Gasteiger partial charge in [-0.25, -0.2) is 0 Å². The maximum absolute atomic E-state index is 13.1. The fourth-order valence-corrected chi connectivity index (χ4v) is 4.53. The van der Waals surface area contributed by atoms with Crippen LogP contribution in [0.15, 0.2) is 48.5 Å². The first-order valence-electron chi connectivity index (χ1n) is 12.1. The van der Waals surface area contributed by atoms with E-state index in [1.807, 2.05) is 60.5 Å². The topological polar surface area (TPSA) is 61.9 Å². The zero-order valence-electron chi connectivity index (χ0n) is 20.0. The SMILES string of the molecule is CCCCOc1ccc(C2(C(=O)Nc3ccc(N4CCC(N(C)C(C)=O)C4)cc3)CC2)cc1. The van der Waals surface area contributed by atoms with Crippen molar-refractivity contribution in [3.05, 3.63) is 54.1 Å². The lowest BCUT2D eigenvalue weighted by atomic mass is 9.94. The number of ether oxygens (including phenoxy) is 1. The summed E-state index contributed by atoms with van der Waals surface area (Å²) in [6.07, 6.45) is 4.86. The largest absolute Gasteiger partial charge is 0.494 e. The predicted molar refractivity (Wildman–Crippen MR) is 132 cm³/mol. The molecule has 6 nitrogen and oxygen atoms in total. The molecule has 0 radical (unpaired) electrons. The molecule has 6 heteroatoms. The number of unbranched alkanes of at least 4 members (excludes halogenated alkanes) is 1. The van der Waals surface area contributed by atoms with Crippen LogP contribution >= 0.6 is 0 Å². The summed E-state index contributed by atoms with van der Waals surface area (Å²) in [4.78, 5) is 28.9. The van der Waals surface area contributed by atoms with Crippen molar-refractivity contribution in [2.24, 2.45) is 0 Å². The van der Waals surface area contributed by atoms with Gasteiger partial charge in [0, 0.05) is 38.4 Å². The molecule has 1 heterocycles. The number of carbonyl (C=O) groups is 2. The van der Waals surface area contributed by atoms with Crippen molar-refractivity contribution in [1.82, 2.24) is 4.90 Å². The summed E-state index contributed by atoms with van der Waals surface area (Å²) >= 11 is 0. The third-order valence-corrected chi connectivity index (χ3v) is 7.06. The molecular weight excluding hydrogens is 414 g/mol. The average Bonchev–Trinajstić information content (AvgIpc) is 3.49. The van der Waals surface area contributed by atoms with E-state index >= 15 is 0 Å². The molecule has 1 unspecified atom stereocenters. The quantitative estimate of drug-likeness (QED) is 0.569. The van der Waals surface area contributed by atoms with Crippen molar-refractivity contribution in [3.63, 3.8) is 0 Å². The zero-order chi connectivity index (χ0) is 23.4. The lowest BCUT2D eigenvalue weighted by Crippen LogP contribution is -2.37. The second-order valence-corrected chi connectivity index (χ2v) is 9.33. The molecule has 2 fully saturated rings. The fourth-order valence-electron chi connectivity index (χ4n) is 4.53. The summed E-state index contributed by atoms with van der Waals surface area (Å²) in [7, 11) is 1.87. The third-order valence-electron chi connectivity index (χ3n) is 7.06. The van der Waals surface area contributed by atoms with Crippen molar-refractivity contribution in [3.8, 4) is 5.75 Å². The maximum Gasteiger partial charge on any atom is 0.235 e. The molecule has 1 saturated heterocycles. The fraction of sp³-hybridized carbons (Fsp3) is 0.481. The smallest absolute Gasteiger partial charge is 0.235 e. The first-order chi connectivity index (χ1) is 15.9. The van der Waals surface area contributed by atoms with Crippen molar-refractivity contribution in [2.75, 3.05) is 37.0 Å². The van der Waals surface area contributed by atoms with E-state index in [2.05, 4.69) is 17.1 Å². The number of hydrogen-bond acceptors (Lipinski definition) is 4. The van der Waals surface area contributed by atoms with Gasteiger partial charge in [0.25, 0.3) is 0 Å². The van der Waals surface area contributed by atoms with E-state index in [1.54, 1.807) is 6.92 Å². The van der Waals surface area contributed by atoms with Crippen molar-refractivity contribution in [1.29, 1.82) is 0 Å². The molecular formula is C27H35N3O3. The molecule has 33 heavy (non-hydrogen) atoms. The molecule has 2 aromatic rings. The van der Waals surface area contributed by atoms with Crippen LogP contribution in [0.4, 0.5) is 11.4 Å². The third kappa shape index (κ3) is 5.15. The number of nitrogens with one attached hydrogen (secondary N) is 1. The highest BCUT2D eigenvalue weighted by Crippen LogP contribution is 2.49. The Morgan fingerprint density at radius 3 is 2.42 bits per heavy atom. The number of likely N-dealkylation sites (N-methyl/N-ethyl adjacent to an activating group) is 1. The van der Waals surface area contributed by atoms with Gasteiger partial charge in [0.15, 0.2) is 0 Å². The average molecular weight is 450 g/mol. The minimum atomic E-state index is -0.430. The summed E-state index contributed by atoms with van der Waals surface area (Å²) in [6.45, 7) is 6.25. The van der Waals surface area contributed by atoms with E-state index < -0.39 is 5.41 Å². The summed E-state index contributed by atoms with van der Waals surface area (Å²) in [5.41, 5.74) is 2.55. The molecule has 1 atom stereocenters. The van der Waals surface area contributed by atoms with Crippen LogP contribution in [0, 0.1) is 0 Å². The molecule has 1 aliphatic carbocycles. The summed E-state index contributed by atoms with van der Waals surface area (Å²) in [5.74, 6) is 1.02. The molecule has 0 spiro atoms. The van der Waals surface area contributed by atoms with Crippen molar-refractivity contribution >= 4 is 23.2 Å². The van der Waals surface area contributed by atoms with Crippen LogP contribution < -0.4 is 15.0 Å². The highest BCUT2D eigenvalue weighted by Gasteiger charge is 2.51. The van der Waals surface area contributed by atoms with Crippen LogP contribution in [0.25, 0.3) is 0 Å². The minimum absolute atomic E-state index is 0.0548. The first kappa shape index (κ1) is 23.1. The van der Waals surface area contributed by atoms with E-state index in [-0.39, 0.29) is 17.9 Å². The molecule has 1 saturated carbocycles. The number of benzene rings is 2. The van der Waals surface area contributed by atoms with Crippen LogP contribution in [0.2, 0.25) is 0 Å². The number of anilines is 2. The predicted octanol–water partition coefficient (Wildman–Crippen LogP) is 4.59. The van der Waals surface area contributed by atoms with Crippen LogP contribution in [0.3, 0.4) is 0 Å². The second kappa shape index (κ2) is 9.86. The van der Waals surface area contributed by atoms with Crippen LogP contribution in [-0.2, 0) is 15.0 Å². The van der Waals surface area contributed by atoms with E-state index in [0.717, 1.165) is 74.5 Å². The monoisotopic (exact) mass is 449 g/mol. The highest BCUT2D eigenvalue weighted by atomic mass is 16.5. The normalized spacial score (nSPS) is 18.6. The number of nitrogens with zero attached hydrogens (tertiary/aromatic N) is 2. The molecule has 2 amide bonds. The Bertz CT molecular complexity index is 967. The van der Waals surface area contributed by atoms with E-state index in [4.69, 9.17) is 4.74 Å². The summed E-state index contributed by atoms with van der Waals surface area (Å²) in [5, 5.41) is 3.12. The van der Waals surface area contributed by atoms with E-state index in [0.29, 0.717) is 0 Å². The lowest BCUT2D eigenvalue weighted by Gasteiger charge is -2.24. The Labute approximate surface area is 196 Å². The van der Waals surface area contributed by atoms with Crippen LogP contribution in [0.5, 0.6) is 5.75 Å². The molecule has 1 N–H and O–H groups in total. The molecule has 4 rings (SSSR count). The summed E-state index contributed by atoms with van der Waals surface area (Å²) in [6, 6.07) is 16.3. The van der Waals surface area contributed by atoms with E-state index in [9.17, 15) is 9.59 Å². The Balaban J connectivity index is 1.35. The van der Waals surface area contributed by atoms with Gasteiger partial charge in [-0.3, -0.25) is 9.59 Å². The Morgan fingerprint density at radius 1 is 1.12 bits per heavy atom. The molecule has 1 aliphatic heterocycles. The molecule has 176 valence electrons. The van der Waals surface area contributed by atoms with Crippen LogP contribution in [-0.4, -0.2) is 49.5 Å². The van der Waals surface area contributed by atoms with Gasteiger partial charge >= 0.3 is 0 Å². The maximum atomic E-state index is 13.1. The second-order valence-electron chi connectivity index (χ2n) is 9.33. The Morgan fingerprint density at radius 2 is 1.82 bits per heavy atom. The number of carbonyl (C=O) groups excluding carboxylic acids is 2. The van der Waals surface area contributed by atoms with Gasteiger partial charge in [-0.15, -0.1) is 0 Å². The molecule has 0 bridgehead atoms. The van der Waals surface area contributed by atoms with Crippen LogP contribution in [0.1, 0.15) is 51.5 Å². The molecule has 2 aromatic carbocycles. The molecule has 0 aromatic heterocycles. The van der Waals surface area contributed by atoms with Gasteiger partial charge < -0.3 is 19.9 Å². The van der Waals surface area contributed by atoms with Crippen molar-refractivity contribution < 1.29 is 14.3 Å². The Hall–Kier alpha value is -3.02. The lowest BCUT2D eigenvalue weighted by molar-refractivity contribution is -0.129. The van der Waals surface area contributed by atoms with Gasteiger partial charge in [-0.1, -0.05) is 25.5 Å². The number of rotatable bonds is 9. The number of hydrogen-bond donors (Lipinski definition) is 1. The highest BCUT2D eigenvalue weighted by molar-refractivity contribution is 6.01. The summed E-state index contributed by atoms with van der Waals surface area (Å²) < 4.78 is 5.75. The van der Waals surface area contributed by atoms with Crippen molar-refractivity contribution in [2.45, 2.75) is 57.4 Å². The van der Waals surface area contributed by atoms with E-state index in [1.165, 1.54) is 0 Å². The minimum Gasteiger partial charge on any atom is -0.494 e. The van der Waals surface area contributed by atoms with Gasteiger partial charge in [0.2, 0.25) is 11.8 Å². The molecule has 2 aliphatic rings.